The molecule has 5 heteroatoms. The Balaban J connectivity index is 1.38. The van der Waals surface area contributed by atoms with Gasteiger partial charge in [0.05, 0.1) is 6.10 Å². The Morgan fingerprint density at radius 2 is 1.56 bits per heavy atom. The molecule has 0 spiro atoms. The SMILES string of the molecule is C=CCCNCCCCCCOC1CCC(N(Cc2ccccc2)C(=O)OCc2ccccc2)CC1. The average molecular weight is 493 g/mol. The van der Waals surface area contributed by atoms with E-state index >= 15 is 0 Å². The molecule has 0 aromatic heterocycles. The van der Waals surface area contributed by atoms with E-state index in [0.717, 1.165) is 69.3 Å². The molecule has 0 atom stereocenters. The van der Waals surface area contributed by atoms with Crippen molar-refractivity contribution in [3.05, 3.63) is 84.4 Å². The molecule has 0 unspecified atom stereocenters. The normalized spacial score (nSPS) is 17.4. The summed E-state index contributed by atoms with van der Waals surface area (Å²) in [7, 11) is 0. The Labute approximate surface area is 217 Å². The minimum atomic E-state index is -0.231. The molecule has 2 aromatic carbocycles. The topological polar surface area (TPSA) is 50.8 Å². The summed E-state index contributed by atoms with van der Waals surface area (Å²) >= 11 is 0. The van der Waals surface area contributed by atoms with Gasteiger partial charge in [0.1, 0.15) is 6.61 Å². The second-order valence-corrected chi connectivity index (χ2v) is 9.70. The summed E-state index contributed by atoms with van der Waals surface area (Å²) in [5.74, 6) is 0. The van der Waals surface area contributed by atoms with Crippen LogP contribution in [0.1, 0.15) is 68.9 Å². The van der Waals surface area contributed by atoms with Crippen LogP contribution in [-0.2, 0) is 22.6 Å². The molecule has 1 N–H and O–H groups in total. The summed E-state index contributed by atoms with van der Waals surface area (Å²) < 4.78 is 11.9. The zero-order valence-electron chi connectivity index (χ0n) is 21.8. The monoisotopic (exact) mass is 492 g/mol. The maximum absolute atomic E-state index is 13.1. The van der Waals surface area contributed by atoms with Crippen molar-refractivity contribution in [2.75, 3.05) is 19.7 Å². The van der Waals surface area contributed by atoms with Gasteiger partial charge in [-0.2, -0.15) is 0 Å². The number of carbonyl (C=O) groups is 1. The molecule has 2 aromatic rings. The summed E-state index contributed by atoms with van der Waals surface area (Å²) in [6, 6.07) is 20.2. The molecule has 1 aliphatic rings. The standard InChI is InChI=1S/C31H44N2O3/c1-2-3-22-32-23-12-4-5-13-24-35-30-20-18-29(19-21-30)33(25-27-14-8-6-9-15-27)31(34)36-26-28-16-10-7-11-17-28/h2,6-11,14-17,29-30,32H,1,3-5,12-13,18-26H2. The lowest BCUT2D eigenvalue weighted by Gasteiger charge is -2.36. The Hall–Kier alpha value is -2.63. The Bertz CT molecular complexity index is 851. The van der Waals surface area contributed by atoms with Crippen LogP contribution in [0.4, 0.5) is 4.79 Å². The van der Waals surface area contributed by atoms with E-state index in [-0.39, 0.29) is 12.1 Å². The van der Waals surface area contributed by atoms with E-state index in [1.807, 2.05) is 59.5 Å². The first-order valence-electron chi connectivity index (χ1n) is 13.7. The smallest absolute Gasteiger partial charge is 0.410 e. The van der Waals surface area contributed by atoms with Crippen LogP contribution in [0.15, 0.2) is 73.3 Å². The van der Waals surface area contributed by atoms with E-state index < -0.39 is 0 Å². The van der Waals surface area contributed by atoms with Crippen LogP contribution >= 0.6 is 0 Å². The summed E-state index contributed by atoms with van der Waals surface area (Å²) in [6.07, 6.45) is 11.8. The van der Waals surface area contributed by atoms with Crippen LogP contribution in [0.25, 0.3) is 0 Å². The minimum Gasteiger partial charge on any atom is -0.445 e. The van der Waals surface area contributed by atoms with Crippen molar-refractivity contribution in [3.63, 3.8) is 0 Å². The van der Waals surface area contributed by atoms with Crippen LogP contribution in [0.3, 0.4) is 0 Å². The van der Waals surface area contributed by atoms with Gasteiger partial charge in [-0.05, 0) is 69.2 Å². The lowest BCUT2D eigenvalue weighted by Crippen LogP contribution is -2.43. The van der Waals surface area contributed by atoms with E-state index in [1.165, 1.54) is 19.3 Å². The van der Waals surface area contributed by atoms with E-state index in [4.69, 9.17) is 9.47 Å². The average Bonchev–Trinajstić information content (AvgIpc) is 2.93. The fourth-order valence-corrected chi connectivity index (χ4v) is 4.73. The first-order valence-corrected chi connectivity index (χ1v) is 13.7. The third kappa shape index (κ3) is 10.5. The fraction of sp³-hybridized carbons (Fsp3) is 0.516. The van der Waals surface area contributed by atoms with Gasteiger partial charge in [-0.15, -0.1) is 6.58 Å². The van der Waals surface area contributed by atoms with E-state index in [1.54, 1.807) is 0 Å². The first-order chi connectivity index (χ1) is 17.8. The molecule has 196 valence electrons. The van der Waals surface area contributed by atoms with Crippen molar-refractivity contribution < 1.29 is 14.3 Å². The number of benzene rings is 2. The van der Waals surface area contributed by atoms with E-state index in [9.17, 15) is 4.79 Å². The molecular formula is C31H44N2O3. The van der Waals surface area contributed by atoms with Crippen molar-refractivity contribution in [2.45, 2.75) is 83.1 Å². The highest BCUT2D eigenvalue weighted by Gasteiger charge is 2.30. The van der Waals surface area contributed by atoms with Gasteiger partial charge >= 0.3 is 6.09 Å². The molecule has 1 amide bonds. The van der Waals surface area contributed by atoms with Crippen molar-refractivity contribution in [3.8, 4) is 0 Å². The molecule has 0 heterocycles. The van der Waals surface area contributed by atoms with Crippen LogP contribution < -0.4 is 5.32 Å². The van der Waals surface area contributed by atoms with E-state index in [2.05, 4.69) is 24.0 Å². The summed E-state index contributed by atoms with van der Waals surface area (Å²) in [6.45, 7) is 7.58. The van der Waals surface area contributed by atoms with Crippen LogP contribution in [0, 0.1) is 0 Å². The Morgan fingerprint density at radius 3 is 2.25 bits per heavy atom. The number of carbonyl (C=O) groups excluding carboxylic acids is 1. The number of nitrogens with one attached hydrogen (secondary N) is 1. The predicted molar refractivity (Wildman–Crippen MR) is 147 cm³/mol. The molecule has 0 bridgehead atoms. The number of rotatable bonds is 16. The van der Waals surface area contributed by atoms with Crippen molar-refractivity contribution in [1.82, 2.24) is 10.2 Å². The summed E-state index contributed by atoms with van der Waals surface area (Å²) in [5.41, 5.74) is 2.13. The largest absolute Gasteiger partial charge is 0.445 e. The van der Waals surface area contributed by atoms with E-state index in [0.29, 0.717) is 19.3 Å². The molecular weight excluding hydrogens is 448 g/mol. The lowest BCUT2D eigenvalue weighted by molar-refractivity contribution is 0.00197. The second-order valence-electron chi connectivity index (χ2n) is 9.70. The van der Waals surface area contributed by atoms with Gasteiger partial charge in [-0.1, -0.05) is 79.6 Å². The molecule has 0 radical (unpaired) electrons. The van der Waals surface area contributed by atoms with Gasteiger partial charge in [0.15, 0.2) is 0 Å². The maximum Gasteiger partial charge on any atom is 0.410 e. The summed E-state index contributed by atoms with van der Waals surface area (Å²) in [4.78, 5) is 15.1. The number of amides is 1. The summed E-state index contributed by atoms with van der Waals surface area (Å²) in [5, 5.41) is 3.44. The zero-order chi connectivity index (χ0) is 25.3. The number of hydrogen-bond acceptors (Lipinski definition) is 4. The lowest BCUT2D eigenvalue weighted by atomic mass is 9.91. The number of ether oxygens (including phenoxy) is 2. The highest BCUT2D eigenvalue weighted by Crippen LogP contribution is 2.27. The van der Waals surface area contributed by atoms with Crippen LogP contribution in [0.2, 0.25) is 0 Å². The quantitative estimate of drug-likeness (QED) is 0.205. The molecule has 1 fully saturated rings. The maximum atomic E-state index is 13.1. The van der Waals surface area contributed by atoms with Gasteiger partial charge in [0.2, 0.25) is 0 Å². The van der Waals surface area contributed by atoms with Crippen LogP contribution in [0.5, 0.6) is 0 Å². The third-order valence-corrected chi connectivity index (χ3v) is 6.85. The van der Waals surface area contributed by atoms with Crippen LogP contribution in [-0.4, -0.2) is 42.8 Å². The highest BCUT2D eigenvalue weighted by atomic mass is 16.6. The second kappa shape index (κ2) is 16.9. The van der Waals surface area contributed by atoms with Gasteiger partial charge in [0.25, 0.3) is 0 Å². The highest BCUT2D eigenvalue weighted by molar-refractivity contribution is 5.68. The minimum absolute atomic E-state index is 0.182. The third-order valence-electron chi connectivity index (χ3n) is 6.85. The van der Waals surface area contributed by atoms with Gasteiger partial charge < -0.3 is 19.7 Å². The molecule has 0 saturated heterocycles. The fourth-order valence-electron chi connectivity index (χ4n) is 4.73. The van der Waals surface area contributed by atoms with Gasteiger partial charge in [-0.3, -0.25) is 0 Å². The predicted octanol–water partition coefficient (Wildman–Crippen LogP) is 6.88. The van der Waals surface area contributed by atoms with Crippen molar-refractivity contribution >= 4 is 6.09 Å². The number of unbranched alkanes of at least 4 members (excludes halogenated alkanes) is 3. The number of nitrogens with zero attached hydrogens (tertiary/aromatic N) is 1. The Morgan fingerprint density at radius 1 is 0.889 bits per heavy atom. The molecule has 1 saturated carbocycles. The number of hydrogen-bond donors (Lipinski definition) is 1. The molecule has 0 aliphatic heterocycles. The molecule has 36 heavy (non-hydrogen) atoms. The molecule has 3 rings (SSSR count). The Kier molecular flexibility index (Phi) is 13.1. The van der Waals surface area contributed by atoms with Crippen molar-refractivity contribution in [2.24, 2.45) is 0 Å². The zero-order valence-corrected chi connectivity index (χ0v) is 21.8. The van der Waals surface area contributed by atoms with Crippen molar-refractivity contribution in [1.29, 1.82) is 0 Å². The van der Waals surface area contributed by atoms with Gasteiger partial charge in [0, 0.05) is 19.2 Å². The van der Waals surface area contributed by atoms with Gasteiger partial charge in [-0.25, -0.2) is 4.79 Å². The first kappa shape index (κ1) is 27.9. The molecule has 5 nitrogen and oxygen atoms in total. The molecule has 1 aliphatic carbocycles.